The third-order valence-electron chi connectivity index (χ3n) is 16.8. The first kappa shape index (κ1) is 56.8. The summed E-state index contributed by atoms with van der Waals surface area (Å²) in [5.74, 6) is 1.10. The smallest absolute Gasteiger partial charge is 0.127 e. The molecule has 0 N–H and O–H groups in total. The fraction of sp³-hybridized carbons (Fsp3) is 0.150. The molecule has 11 aromatic rings. The number of rotatable bonds is 14. The molecule has 430 valence electrons. The molecule has 2 aliphatic rings. The van der Waals surface area contributed by atoms with Gasteiger partial charge in [-0.15, -0.1) is 11.3 Å². The van der Waals surface area contributed by atoms with Gasteiger partial charge in [-0.3, -0.25) is 0 Å². The monoisotopic (exact) mass is 1170 g/mol. The largest absolute Gasteiger partial charge is 0.485 e. The molecule has 0 saturated heterocycles. The van der Waals surface area contributed by atoms with Crippen molar-refractivity contribution in [3.8, 4) is 10.4 Å². The number of hydrogen-bond acceptors (Lipinski definition) is 6. The van der Waals surface area contributed by atoms with Crippen molar-refractivity contribution in [2.24, 2.45) is 5.92 Å². The molecule has 1 aliphatic heterocycles. The van der Waals surface area contributed by atoms with Crippen LogP contribution in [0.4, 0.5) is 68.2 Å². The van der Waals surface area contributed by atoms with E-state index in [4.69, 9.17) is 16.3 Å². The van der Waals surface area contributed by atoms with Gasteiger partial charge in [0.1, 0.15) is 11.9 Å². The van der Waals surface area contributed by atoms with E-state index in [1.165, 1.54) is 31.7 Å². The van der Waals surface area contributed by atoms with E-state index in [1.54, 1.807) is 0 Å². The van der Waals surface area contributed by atoms with Crippen molar-refractivity contribution in [1.82, 2.24) is 0 Å². The quantitative estimate of drug-likeness (QED) is 0.108. The number of para-hydroxylation sites is 3. The Bertz CT molecular complexity index is 4250. The van der Waals surface area contributed by atoms with E-state index in [1.807, 2.05) is 11.3 Å². The number of thiophene rings is 1. The fourth-order valence-electron chi connectivity index (χ4n) is 12.1. The number of fused-ring (bicyclic) bond motifs is 2. The summed E-state index contributed by atoms with van der Waals surface area (Å²) in [4.78, 5) is 10.7. The molecule has 0 radical (unpaired) electrons. The van der Waals surface area contributed by atoms with Crippen LogP contribution in [0.25, 0.3) is 26.3 Å². The van der Waals surface area contributed by atoms with Gasteiger partial charge in [0.15, 0.2) is 0 Å². The van der Waals surface area contributed by atoms with Crippen molar-refractivity contribution in [3.63, 3.8) is 0 Å². The summed E-state index contributed by atoms with van der Waals surface area (Å²) in [5.41, 5.74) is 18.4. The Hall–Kier alpha value is -9.33. The second-order valence-electron chi connectivity index (χ2n) is 24.9. The summed E-state index contributed by atoms with van der Waals surface area (Å²) in [6.45, 7) is 18.0. The fourth-order valence-corrected chi connectivity index (χ4v) is 13.5. The number of benzene rings is 10. The minimum Gasteiger partial charge on any atom is -0.485 e. The lowest BCUT2D eigenvalue weighted by Gasteiger charge is -2.35. The van der Waals surface area contributed by atoms with Crippen LogP contribution in [-0.4, -0.2) is 6.10 Å². The summed E-state index contributed by atoms with van der Waals surface area (Å²) >= 11 is 10.3. The molecule has 7 heteroatoms. The maximum Gasteiger partial charge on any atom is 0.127 e. The Balaban J connectivity index is 1.04. The van der Waals surface area contributed by atoms with Crippen molar-refractivity contribution in [2.45, 2.75) is 72.3 Å². The molecule has 2 atom stereocenters. The molecule has 5 nitrogen and oxygen atoms in total. The number of anilines is 12. The molecule has 1 aromatic heterocycles. The van der Waals surface area contributed by atoms with Crippen molar-refractivity contribution in [2.75, 3.05) is 19.6 Å². The molecule has 2 heterocycles. The third kappa shape index (κ3) is 11.5. The Labute approximate surface area is 522 Å². The normalized spacial score (nSPS) is 14.6. The predicted molar refractivity (Wildman–Crippen MR) is 372 cm³/mol. The van der Waals surface area contributed by atoms with Gasteiger partial charge in [0.2, 0.25) is 0 Å². The average Bonchev–Trinajstić information content (AvgIpc) is 1.63. The zero-order valence-corrected chi connectivity index (χ0v) is 52.2. The first-order valence-corrected chi connectivity index (χ1v) is 31.3. The van der Waals surface area contributed by atoms with E-state index < -0.39 is 0 Å². The second kappa shape index (κ2) is 23.5. The minimum absolute atomic E-state index is 0.000253. The molecule has 0 saturated carbocycles. The van der Waals surface area contributed by atoms with Crippen molar-refractivity contribution >= 4 is 107 Å². The number of ether oxygens (including phenoxy) is 1. The van der Waals surface area contributed by atoms with Gasteiger partial charge in [-0.25, -0.2) is 0 Å². The first-order chi connectivity index (χ1) is 42.1. The van der Waals surface area contributed by atoms with E-state index in [0.717, 1.165) is 90.7 Å². The lowest BCUT2D eigenvalue weighted by molar-refractivity contribution is 0.213. The zero-order valence-electron chi connectivity index (χ0n) is 50.6. The van der Waals surface area contributed by atoms with Crippen LogP contribution < -0.4 is 19.6 Å². The lowest BCUT2D eigenvalue weighted by atomic mass is 9.86. The van der Waals surface area contributed by atoms with Crippen LogP contribution in [0, 0.1) is 19.8 Å². The maximum atomic E-state index is 8.47. The van der Waals surface area contributed by atoms with Crippen LogP contribution in [0.1, 0.15) is 69.4 Å². The lowest BCUT2D eigenvalue weighted by Crippen LogP contribution is -2.19. The van der Waals surface area contributed by atoms with Gasteiger partial charge >= 0.3 is 0 Å². The third-order valence-corrected chi connectivity index (χ3v) is 18.3. The second-order valence-corrected chi connectivity index (χ2v) is 26.3. The van der Waals surface area contributed by atoms with Crippen LogP contribution in [0.15, 0.2) is 273 Å². The van der Waals surface area contributed by atoms with Crippen LogP contribution >= 0.6 is 22.9 Å². The van der Waals surface area contributed by atoms with Crippen LogP contribution in [0.5, 0.6) is 0 Å². The van der Waals surface area contributed by atoms with Crippen molar-refractivity contribution in [1.29, 1.82) is 0 Å². The number of nitrogens with zero attached hydrogens (tertiary/aromatic N) is 4. The number of halogens is 1. The molecule has 0 spiro atoms. The van der Waals surface area contributed by atoms with Gasteiger partial charge < -0.3 is 24.3 Å². The average molecular weight is 1170 g/mol. The molecule has 13 rings (SSSR count). The first-order valence-electron chi connectivity index (χ1n) is 30.1. The van der Waals surface area contributed by atoms with Gasteiger partial charge in [0.05, 0.1) is 27.8 Å². The van der Waals surface area contributed by atoms with E-state index >= 15 is 0 Å². The summed E-state index contributed by atoms with van der Waals surface area (Å²) in [6.07, 6.45) is 10.8. The van der Waals surface area contributed by atoms with Crippen LogP contribution in [-0.2, 0) is 15.6 Å². The van der Waals surface area contributed by atoms with Gasteiger partial charge in [0, 0.05) is 66.6 Å². The van der Waals surface area contributed by atoms with E-state index in [9.17, 15) is 0 Å². The number of aryl methyl sites for hydroxylation is 2. The minimum atomic E-state index is -0.0550. The standard InChI is InChI=1S/C80H71ClN4OS/c1-54-21-19-22-55(2)78(54)85(69-30-20-29-68(51-69)82(62-25-11-9-12-26-62)64-43-35-57(36-44-64)76-50-59-24-16-18-32-75(59)87-76)72-53-70(83(63-27-13-10-14-28-63)65-41-33-56(34-42-65)74-49-58-23-15-17-31-73(58)86-74)52-71(77(72)81)84(66-45-37-60(38-46-66)79(3,4)5)67-47-39-61(40-48-67)80(6,7)8/h9-53,58,73H,1-8H3. The van der Waals surface area contributed by atoms with Crippen LogP contribution in [0.3, 0.4) is 0 Å². The molecule has 0 fully saturated rings. The van der Waals surface area contributed by atoms with Gasteiger partial charge in [-0.1, -0.05) is 187 Å². The Morgan fingerprint density at radius 1 is 0.402 bits per heavy atom. The summed E-state index contributed by atoms with van der Waals surface area (Å²) < 4.78 is 7.83. The SMILES string of the molecule is Cc1cccc(C)c1N(c1cccc(N(c2ccccc2)c2ccc(-c3cc4ccccc4s3)cc2)c1)c1cc(N(c2ccccc2)c2ccc(C3=CC4C=CC=CC4O3)cc2)cc(N(c2ccc(C(C)(C)C)cc2)c2ccc(C(C)(C)C)cc2)c1Cl. The highest BCUT2D eigenvalue weighted by Crippen LogP contribution is 2.53. The van der Waals surface area contributed by atoms with E-state index in [-0.39, 0.29) is 22.9 Å². The maximum absolute atomic E-state index is 8.47. The van der Waals surface area contributed by atoms with E-state index in [0.29, 0.717) is 5.02 Å². The molecule has 0 amide bonds. The Kier molecular flexibility index (Phi) is 15.3. The number of hydrogen-bond donors (Lipinski definition) is 0. The Morgan fingerprint density at radius 3 is 1.40 bits per heavy atom. The zero-order chi connectivity index (χ0) is 60.0. The van der Waals surface area contributed by atoms with Gasteiger partial charge in [-0.2, -0.15) is 0 Å². The summed E-state index contributed by atoms with van der Waals surface area (Å²) in [7, 11) is 0. The molecule has 1 aliphatic carbocycles. The van der Waals surface area contributed by atoms with Crippen molar-refractivity contribution in [3.05, 3.63) is 306 Å². The molecule has 87 heavy (non-hydrogen) atoms. The number of allylic oxidation sites excluding steroid dienone is 2. The molecule has 10 aromatic carbocycles. The van der Waals surface area contributed by atoms with Crippen molar-refractivity contribution < 1.29 is 4.74 Å². The molecular formula is C80H71ClN4OS. The topological polar surface area (TPSA) is 22.2 Å². The highest BCUT2D eigenvalue weighted by molar-refractivity contribution is 7.22. The Morgan fingerprint density at radius 2 is 0.851 bits per heavy atom. The highest BCUT2D eigenvalue weighted by Gasteiger charge is 2.31. The molecule has 0 bridgehead atoms. The van der Waals surface area contributed by atoms with E-state index in [2.05, 4.69) is 348 Å². The molecule has 2 unspecified atom stereocenters. The van der Waals surface area contributed by atoms with Gasteiger partial charge in [-0.05, 0) is 197 Å². The highest BCUT2D eigenvalue weighted by atomic mass is 35.5. The molecular weight excluding hydrogens is 1100 g/mol. The summed E-state index contributed by atoms with van der Waals surface area (Å²) in [5, 5.41) is 1.84. The van der Waals surface area contributed by atoms with Crippen LogP contribution in [0.2, 0.25) is 5.02 Å². The summed E-state index contributed by atoms with van der Waals surface area (Å²) in [6, 6.07) is 88.1. The predicted octanol–water partition coefficient (Wildman–Crippen LogP) is 23.8. The van der Waals surface area contributed by atoms with Gasteiger partial charge in [0.25, 0.3) is 0 Å².